The lowest BCUT2D eigenvalue weighted by Crippen LogP contribution is -2.00. The number of nitrogens with zero attached hydrogens (tertiary/aromatic N) is 1. The quantitative estimate of drug-likeness (QED) is 0.815. The molecule has 1 aromatic heterocycles. The fraction of sp³-hybridized carbons (Fsp3) is 0.400. The average molecular weight is 243 g/mol. The molecule has 0 spiro atoms. The van der Waals surface area contributed by atoms with Crippen LogP contribution in [0.1, 0.15) is 31.0 Å². The van der Waals surface area contributed by atoms with Gasteiger partial charge in [0.05, 0.1) is 17.9 Å². The van der Waals surface area contributed by atoms with Gasteiger partial charge in [0, 0.05) is 5.39 Å². The van der Waals surface area contributed by atoms with E-state index in [1.807, 2.05) is 38.1 Å². The summed E-state index contributed by atoms with van der Waals surface area (Å²) in [7, 11) is 0. The molecule has 1 aromatic carbocycles. The van der Waals surface area contributed by atoms with E-state index in [0.29, 0.717) is 0 Å². The highest BCUT2D eigenvalue weighted by molar-refractivity contribution is 5.89. The van der Waals surface area contributed by atoms with E-state index < -0.39 is 0 Å². The molecule has 0 aliphatic heterocycles. The van der Waals surface area contributed by atoms with Gasteiger partial charge in [-0.2, -0.15) is 0 Å². The molecular formula is C15H17NO2. The van der Waals surface area contributed by atoms with Crippen molar-refractivity contribution >= 4 is 17.0 Å². The number of allylic oxidation sites excluding steroid dienone is 1. The minimum atomic E-state index is 0.746. The number of hydrogen-bond acceptors (Lipinski definition) is 3. The third-order valence-corrected chi connectivity index (χ3v) is 3.32. The highest BCUT2D eigenvalue weighted by Crippen LogP contribution is 2.34. The van der Waals surface area contributed by atoms with Gasteiger partial charge in [-0.15, -0.1) is 0 Å². The zero-order chi connectivity index (χ0) is 12.5. The van der Waals surface area contributed by atoms with Crippen molar-refractivity contribution in [3.8, 4) is 5.75 Å². The zero-order valence-electron chi connectivity index (χ0n) is 10.8. The molecule has 0 N–H and O–H groups in total. The Morgan fingerprint density at radius 2 is 2.28 bits per heavy atom. The molecule has 3 heteroatoms. The summed E-state index contributed by atoms with van der Waals surface area (Å²) >= 11 is 0. The van der Waals surface area contributed by atoms with Gasteiger partial charge >= 0.3 is 0 Å². The molecule has 0 unspecified atom stereocenters. The van der Waals surface area contributed by atoms with E-state index in [9.17, 15) is 0 Å². The predicted molar refractivity (Wildman–Crippen MR) is 71.7 cm³/mol. The number of rotatable bonds is 4. The molecule has 2 aromatic rings. The summed E-state index contributed by atoms with van der Waals surface area (Å²) in [4.78, 5) is 0. The first-order chi connectivity index (χ1) is 8.79. The Bertz CT molecular complexity index is 594. The van der Waals surface area contributed by atoms with Gasteiger partial charge in [-0.05, 0) is 44.7 Å². The van der Waals surface area contributed by atoms with Gasteiger partial charge in [-0.25, -0.2) is 0 Å². The summed E-state index contributed by atoms with van der Waals surface area (Å²) in [6, 6.07) is 4.04. The first-order valence-electron chi connectivity index (χ1n) is 6.44. The van der Waals surface area contributed by atoms with Crippen LogP contribution in [0.5, 0.6) is 5.75 Å². The van der Waals surface area contributed by atoms with Crippen molar-refractivity contribution in [2.45, 2.75) is 26.7 Å². The maximum Gasteiger partial charge on any atom is 0.178 e. The average Bonchev–Trinajstić information content (AvgIpc) is 3.12. The molecule has 1 aliphatic carbocycles. The second-order valence-corrected chi connectivity index (χ2v) is 4.88. The second kappa shape index (κ2) is 4.48. The Kier molecular flexibility index (Phi) is 2.82. The number of aryl methyl sites for hydroxylation is 1. The van der Waals surface area contributed by atoms with Crippen LogP contribution < -0.4 is 4.74 Å². The first kappa shape index (κ1) is 11.3. The molecule has 1 saturated carbocycles. The van der Waals surface area contributed by atoms with Crippen molar-refractivity contribution in [1.29, 1.82) is 0 Å². The van der Waals surface area contributed by atoms with Crippen molar-refractivity contribution in [3.63, 3.8) is 0 Å². The lowest BCUT2D eigenvalue weighted by molar-refractivity contribution is 0.299. The molecule has 3 rings (SSSR count). The van der Waals surface area contributed by atoms with E-state index in [2.05, 4.69) is 5.16 Å². The van der Waals surface area contributed by atoms with E-state index in [4.69, 9.17) is 9.26 Å². The molecule has 94 valence electrons. The smallest absolute Gasteiger partial charge is 0.178 e. The lowest BCUT2D eigenvalue weighted by Gasteiger charge is -2.08. The summed E-state index contributed by atoms with van der Waals surface area (Å²) < 4.78 is 11.3. The summed E-state index contributed by atoms with van der Waals surface area (Å²) in [5.41, 5.74) is 2.74. The number of aromatic nitrogens is 1. The van der Waals surface area contributed by atoms with Gasteiger partial charge in [0.2, 0.25) is 0 Å². The van der Waals surface area contributed by atoms with Gasteiger partial charge in [0.15, 0.2) is 5.58 Å². The van der Waals surface area contributed by atoms with Crippen LogP contribution in [0.25, 0.3) is 17.0 Å². The number of ether oxygens (including phenoxy) is 1. The van der Waals surface area contributed by atoms with E-state index in [1.54, 1.807) is 0 Å². The third-order valence-electron chi connectivity index (χ3n) is 3.32. The molecule has 1 heterocycles. The highest BCUT2D eigenvalue weighted by Gasteiger charge is 2.23. The van der Waals surface area contributed by atoms with Gasteiger partial charge in [-0.3, -0.25) is 0 Å². The Morgan fingerprint density at radius 1 is 1.44 bits per heavy atom. The summed E-state index contributed by atoms with van der Waals surface area (Å²) in [6.07, 6.45) is 6.61. The van der Waals surface area contributed by atoms with E-state index in [0.717, 1.165) is 40.5 Å². The van der Waals surface area contributed by atoms with Crippen LogP contribution in [0.2, 0.25) is 0 Å². The normalized spacial score (nSPS) is 15.7. The molecule has 0 amide bonds. The molecule has 0 saturated heterocycles. The van der Waals surface area contributed by atoms with Gasteiger partial charge in [0.25, 0.3) is 0 Å². The monoisotopic (exact) mass is 243 g/mol. The fourth-order valence-electron chi connectivity index (χ4n) is 2.07. The molecule has 0 radical (unpaired) electrons. The minimum absolute atomic E-state index is 0.746. The molecule has 3 nitrogen and oxygen atoms in total. The third kappa shape index (κ3) is 2.01. The van der Waals surface area contributed by atoms with E-state index >= 15 is 0 Å². The molecule has 1 aliphatic rings. The maximum atomic E-state index is 5.89. The van der Waals surface area contributed by atoms with Gasteiger partial charge in [0.1, 0.15) is 5.75 Å². The summed E-state index contributed by atoms with van der Waals surface area (Å²) in [5.74, 6) is 1.64. The molecule has 1 fully saturated rings. The van der Waals surface area contributed by atoms with Crippen molar-refractivity contribution < 1.29 is 9.26 Å². The van der Waals surface area contributed by atoms with E-state index in [-0.39, 0.29) is 0 Å². The van der Waals surface area contributed by atoms with Gasteiger partial charge in [-0.1, -0.05) is 17.3 Å². The molecular weight excluding hydrogens is 226 g/mol. The van der Waals surface area contributed by atoms with Crippen LogP contribution in [-0.4, -0.2) is 11.8 Å². The predicted octanol–water partition coefficient (Wildman–Crippen LogP) is 3.96. The molecule has 18 heavy (non-hydrogen) atoms. The van der Waals surface area contributed by atoms with Crippen molar-refractivity contribution in [2.24, 2.45) is 5.92 Å². The lowest BCUT2D eigenvalue weighted by atomic mass is 10.1. The van der Waals surface area contributed by atoms with Crippen molar-refractivity contribution in [2.75, 3.05) is 6.61 Å². The van der Waals surface area contributed by atoms with E-state index in [1.165, 1.54) is 12.8 Å². The highest BCUT2D eigenvalue weighted by atomic mass is 16.5. The van der Waals surface area contributed by atoms with Gasteiger partial charge < -0.3 is 9.26 Å². The first-order valence-corrected chi connectivity index (χ1v) is 6.44. The van der Waals surface area contributed by atoms with Crippen LogP contribution in [0.3, 0.4) is 0 Å². The second-order valence-electron chi connectivity index (χ2n) is 4.88. The van der Waals surface area contributed by atoms with Crippen molar-refractivity contribution in [3.05, 3.63) is 29.5 Å². The number of benzene rings is 1. The Balaban J connectivity index is 2.02. The maximum absolute atomic E-state index is 5.89. The van der Waals surface area contributed by atoms with Crippen LogP contribution in [0.15, 0.2) is 22.7 Å². The minimum Gasteiger partial charge on any atom is -0.493 e. The zero-order valence-corrected chi connectivity index (χ0v) is 10.8. The SMILES string of the molecule is C/C=C/c1c(OCC2CC2)ccc2c(C)noc12. The largest absolute Gasteiger partial charge is 0.493 e. The van der Waals surface area contributed by atoms with Crippen LogP contribution >= 0.6 is 0 Å². The standard InChI is InChI=1S/C15H17NO2/c1-3-4-13-14(17-9-11-5-6-11)8-7-12-10(2)16-18-15(12)13/h3-4,7-8,11H,5-6,9H2,1-2H3/b4-3+. The summed E-state index contributed by atoms with van der Waals surface area (Å²) in [6.45, 7) is 4.76. The fourth-order valence-corrected chi connectivity index (χ4v) is 2.07. The van der Waals surface area contributed by atoms with Crippen LogP contribution in [0.4, 0.5) is 0 Å². The molecule has 0 atom stereocenters. The van der Waals surface area contributed by atoms with Crippen molar-refractivity contribution in [1.82, 2.24) is 5.16 Å². The van der Waals surface area contributed by atoms with Crippen LogP contribution in [-0.2, 0) is 0 Å². The Morgan fingerprint density at radius 3 is 3.00 bits per heavy atom. The number of hydrogen-bond donors (Lipinski definition) is 0. The Hall–Kier alpha value is -1.77. The molecule has 0 bridgehead atoms. The van der Waals surface area contributed by atoms with Crippen LogP contribution in [0, 0.1) is 12.8 Å². The number of fused-ring (bicyclic) bond motifs is 1. The topological polar surface area (TPSA) is 35.3 Å². The summed E-state index contributed by atoms with van der Waals surface area (Å²) in [5, 5.41) is 5.08. The Labute approximate surface area is 106 Å².